The van der Waals surface area contributed by atoms with E-state index in [4.69, 9.17) is 0 Å². The summed E-state index contributed by atoms with van der Waals surface area (Å²) < 4.78 is 34.6. The van der Waals surface area contributed by atoms with Crippen molar-refractivity contribution < 1.29 is 12.6 Å². The topological polar surface area (TPSA) is 63.2 Å². The van der Waals surface area contributed by atoms with Crippen molar-refractivity contribution in [2.45, 2.75) is 29.7 Å². The summed E-state index contributed by atoms with van der Waals surface area (Å²) in [5, 5.41) is 3.19. The lowest BCUT2D eigenvalue weighted by molar-refractivity contribution is 0.601. The van der Waals surface area contributed by atoms with Gasteiger partial charge in [-0.2, -0.15) is 0 Å². The van der Waals surface area contributed by atoms with Crippen LogP contribution in [0.3, 0.4) is 0 Å². The van der Waals surface area contributed by atoms with Gasteiger partial charge in [0.15, 0.2) is 9.84 Å². The maximum Gasteiger partial charge on any atom is 0.175 e. The first kappa shape index (κ1) is 15.3. The van der Waals surface area contributed by atoms with Crippen LogP contribution in [0.4, 0.5) is 0 Å². The van der Waals surface area contributed by atoms with Crippen LogP contribution in [-0.2, 0) is 20.6 Å². The molecular weight excluding hydrogens is 270 g/mol. The average Bonchev–Trinajstić information content (AvgIpc) is 2.28. The summed E-state index contributed by atoms with van der Waals surface area (Å²) in [5.41, 5.74) is 0. The lowest BCUT2D eigenvalue weighted by Crippen LogP contribution is -2.30. The molecule has 0 spiro atoms. The SMILES string of the molecule is CCNC(C)CS(=O)c1ccc(S(C)(=O)=O)cc1. The molecule has 0 aliphatic carbocycles. The molecule has 0 saturated heterocycles. The first-order valence-corrected chi connectivity index (χ1v) is 8.97. The van der Waals surface area contributed by atoms with E-state index < -0.39 is 20.6 Å². The fourth-order valence-electron chi connectivity index (χ4n) is 1.57. The van der Waals surface area contributed by atoms with Crippen LogP contribution in [0.1, 0.15) is 13.8 Å². The summed E-state index contributed by atoms with van der Waals surface area (Å²) in [7, 11) is -4.30. The third-order valence-corrected chi connectivity index (χ3v) is 5.20. The van der Waals surface area contributed by atoms with Crippen molar-refractivity contribution in [3.63, 3.8) is 0 Å². The van der Waals surface area contributed by atoms with Crippen molar-refractivity contribution in [3.05, 3.63) is 24.3 Å². The van der Waals surface area contributed by atoms with E-state index in [-0.39, 0.29) is 10.9 Å². The van der Waals surface area contributed by atoms with Gasteiger partial charge < -0.3 is 5.32 Å². The smallest absolute Gasteiger partial charge is 0.175 e. The third-order valence-electron chi connectivity index (χ3n) is 2.47. The zero-order chi connectivity index (χ0) is 13.8. The second-order valence-corrected chi connectivity index (χ2v) is 7.73. The van der Waals surface area contributed by atoms with Crippen molar-refractivity contribution in [3.8, 4) is 0 Å². The Hall–Kier alpha value is -0.720. The van der Waals surface area contributed by atoms with Gasteiger partial charge >= 0.3 is 0 Å². The van der Waals surface area contributed by atoms with Gasteiger partial charge in [-0.1, -0.05) is 6.92 Å². The molecule has 2 unspecified atom stereocenters. The van der Waals surface area contributed by atoms with E-state index in [1.807, 2.05) is 13.8 Å². The molecule has 1 aromatic rings. The van der Waals surface area contributed by atoms with Crippen LogP contribution in [0.25, 0.3) is 0 Å². The number of hydrogen-bond donors (Lipinski definition) is 1. The lowest BCUT2D eigenvalue weighted by atomic mass is 10.4. The highest BCUT2D eigenvalue weighted by molar-refractivity contribution is 7.90. The standard InChI is InChI=1S/C12H19NO3S2/c1-4-13-10(2)9-17(14)11-5-7-12(8-6-11)18(3,15)16/h5-8,10,13H,4,9H2,1-3H3. The van der Waals surface area contributed by atoms with Gasteiger partial charge in [0.2, 0.25) is 0 Å². The van der Waals surface area contributed by atoms with Crippen molar-refractivity contribution in [2.24, 2.45) is 0 Å². The molecule has 0 saturated carbocycles. The number of rotatable bonds is 6. The molecule has 102 valence electrons. The van der Waals surface area contributed by atoms with E-state index in [9.17, 15) is 12.6 Å². The largest absolute Gasteiger partial charge is 0.314 e. The molecule has 0 aliphatic heterocycles. The second-order valence-electron chi connectivity index (χ2n) is 4.21. The quantitative estimate of drug-likeness (QED) is 0.854. The van der Waals surface area contributed by atoms with Gasteiger partial charge in [0.05, 0.1) is 15.7 Å². The first-order chi connectivity index (χ1) is 8.34. The Morgan fingerprint density at radius 3 is 2.28 bits per heavy atom. The molecule has 0 heterocycles. The van der Waals surface area contributed by atoms with Gasteiger partial charge in [0.1, 0.15) is 0 Å². The molecule has 0 aliphatic rings. The minimum absolute atomic E-state index is 0.172. The Morgan fingerprint density at radius 1 is 1.28 bits per heavy atom. The first-order valence-electron chi connectivity index (χ1n) is 5.76. The number of hydrogen-bond acceptors (Lipinski definition) is 4. The normalized spacial score (nSPS) is 15.3. The average molecular weight is 289 g/mol. The minimum Gasteiger partial charge on any atom is -0.314 e. The maximum absolute atomic E-state index is 12.0. The highest BCUT2D eigenvalue weighted by Gasteiger charge is 2.11. The summed E-state index contributed by atoms with van der Waals surface area (Å²) in [6.45, 7) is 4.82. The molecule has 2 atom stereocenters. The van der Waals surface area contributed by atoms with Crippen LogP contribution >= 0.6 is 0 Å². The minimum atomic E-state index is -3.19. The Morgan fingerprint density at radius 2 is 1.83 bits per heavy atom. The van der Waals surface area contributed by atoms with Gasteiger partial charge in [-0.25, -0.2) is 8.42 Å². The maximum atomic E-state index is 12.0. The number of nitrogens with one attached hydrogen (secondary N) is 1. The molecule has 1 aromatic carbocycles. The summed E-state index contributed by atoms with van der Waals surface area (Å²) in [6.07, 6.45) is 1.16. The van der Waals surface area contributed by atoms with Crippen LogP contribution in [0.15, 0.2) is 34.1 Å². The van der Waals surface area contributed by atoms with Gasteiger partial charge in [0.25, 0.3) is 0 Å². The van der Waals surface area contributed by atoms with Gasteiger partial charge in [-0.05, 0) is 37.7 Å². The Labute approximate surface area is 111 Å². The van der Waals surface area contributed by atoms with E-state index in [1.54, 1.807) is 12.1 Å². The van der Waals surface area contributed by atoms with Gasteiger partial charge in [0, 0.05) is 22.9 Å². The van der Waals surface area contributed by atoms with Crippen LogP contribution in [0.2, 0.25) is 0 Å². The molecule has 4 nitrogen and oxygen atoms in total. The number of sulfone groups is 1. The zero-order valence-electron chi connectivity index (χ0n) is 10.8. The number of benzene rings is 1. The van der Waals surface area contributed by atoms with Crippen LogP contribution in [0, 0.1) is 0 Å². The summed E-state index contributed by atoms with van der Waals surface area (Å²) in [4.78, 5) is 0.912. The van der Waals surface area contributed by atoms with E-state index in [1.165, 1.54) is 12.1 Å². The predicted molar refractivity (Wildman–Crippen MR) is 74.0 cm³/mol. The fraction of sp³-hybridized carbons (Fsp3) is 0.500. The highest BCUT2D eigenvalue weighted by Crippen LogP contribution is 2.13. The summed E-state index contributed by atoms with van der Waals surface area (Å²) in [6, 6.07) is 6.41. The Kier molecular flexibility index (Phi) is 5.49. The van der Waals surface area contributed by atoms with Gasteiger partial charge in [-0.3, -0.25) is 4.21 Å². The Balaban J connectivity index is 2.77. The fourth-order valence-corrected chi connectivity index (χ4v) is 3.40. The molecule has 1 N–H and O–H groups in total. The van der Waals surface area contributed by atoms with Crippen LogP contribution in [-0.4, -0.2) is 37.2 Å². The van der Waals surface area contributed by atoms with Gasteiger partial charge in [-0.15, -0.1) is 0 Å². The highest BCUT2D eigenvalue weighted by atomic mass is 32.2. The molecular formula is C12H19NO3S2. The van der Waals surface area contributed by atoms with Crippen molar-refractivity contribution in [1.82, 2.24) is 5.32 Å². The Bertz CT molecular complexity index is 509. The molecule has 0 bridgehead atoms. The van der Waals surface area contributed by atoms with Crippen molar-refractivity contribution in [1.29, 1.82) is 0 Å². The van der Waals surface area contributed by atoms with E-state index in [0.717, 1.165) is 12.8 Å². The molecule has 0 radical (unpaired) electrons. The predicted octanol–water partition coefficient (Wildman–Crippen LogP) is 1.20. The molecule has 0 amide bonds. The van der Waals surface area contributed by atoms with Crippen molar-refractivity contribution in [2.75, 3.05) is 18.6 Å². The second kappa shape index (κ2) is 6.45. The molecule has 0 fully saturated rings. The monoisotopic (exact) mass is 289 g/mol. The van der Waals surface area contributed by atoms with E-state index in [2.05, 4.69) is 5.32 Å². The van der Waals surface area contributed by atoms with E-state index in [0.29, 0.717) is 10.6 Å². The molecule has 6 heteroatoms. The van der Waals surface area contributed by atoms with Crippen molar-refractivity contribution >= 4 is 20.6 Å². The lowest BCUT2D eigenvalue weighted by Gasteiger charge is -2.11. The molecule has 18 heavy (non-hydrogen) atoms. The summed E-state index contributed by atoms with van der Waals surface area (Å²) >= 11 is 0. The van der Waals surface area contributed by atoms with E-state index >= 15 is 0 Å². The third kappa shape index (κ3) is 4.51. The van der Waals surface area contributed by atoms with Crippen LogP contribution < -0.4 is 5.32 Å². The molecule has 0 aromatic heterocycles. The molecule has 1 rings (SSSR count). The van der Waals surface area contributed by atoms with Crippen LogP contribution in [0.5, 0.6) is 0 Å². The zero-order valence-corrected chi connectivity index (χ0v) is 12.5. The summed E-state index contributed by atoms with van der Waals surface area (Å²) in [5.74, 6) is 0.520.